The molecule has 0 aromatic heterocycles. The van der Waals surface area contributed by atoms with Crippen molar-refractivity contribution in [2.75, 3.05) is 5.32 Å². The number of aliphatic hydroxyl groups is 1. The maximum Gasteiger partial charge on any atom is 0.319 e. The zero-order valence-electron chi connectivity index (χ0n) is 9.82. The maximum absolute atomic E-state index is 11.6. The van der Waals surface area contributed by atoms with Crippen molar-refractivity contribution >= 4 is 11.7 Å². The van der Waals surface area contributed by atoms with Crippen LogP contribution in [0.5, 0.6) is 0 Å². The van der Waals surface area contributed by atoms with Crippen molar-refractivity contribution in [3.05, 3.63) is 30.3 Å². The quantitative estimate of drug-likeness (QED) is 0.732. The Morgan fingerprint density at radius 2 is 1.88 bits per heavy atom. The monoisotopic (exact) mass is 222 g/mol. The van der Waals surface area contributed by atoms with Crippen LogP contribution < -0.4 is 10.6 Å². The van der Waals surface area contributed by atoms with E-state index in [1.54, 1.807) is 32.9 Å². The van der Waals surface area contributed by atoms with Gasteiger partial charge in [0.2, 0.25) is 0 Å². The largest absolute Gasteiger partial charge is 0.391 e. The van der Waals surface area contributed by atoms with Crippen molar-refractivity contribution in [1.29, 1.82) is 0 Å². The van der Waals surface area contributed by atoms with Crippen molar-refractivity contribution in [3.63, 3.8) is 0 Å². The van der Waals surface area contributed by atoms with Gasteiger partial charge in [-0.2, -0.15) is 0 Å². The third-order valence-electron chi connectivity index (χ3n) is 2.51. The van der Waals surface area contributed by atoms with Crippen LogP contribution >= 0.6 is 0 Å². The summed E-state index contributed by atoms with van der Waals surface area (Å²) in [6.45, 7) is 5.17. The lowest BCUT2D eigenvalue weighted by Crippen LogP contribution is -2.52. The number of hydrogen-bond donors (Lipinski definition) is 3. The first kappa shape index (κ1) is 12.5. The first-order valence-corrected chi connectivity index (χ1v) is 5.24. The summed E-state index contributed by atoms with van der Waals surface area (Å²) in [5.74, 6) is 0. The summed E-state index contributed by atoms with van der Waals surface area (Å²) in [5, 5.41) is 14.8. The van der Waals surface area contributed by atoms with Crippen LogP contribution in [0, 0.1) is 0 Å². The number of para-hydroxylation sites is 1. The summed E-state index contributed by atoms with van der Waals surface area (Å²) < 4.78 is 0. The van der Waals surface area contributed by atoms with Crippen LogP contribution in [-0.4, -0.2) is 22.8 Å². The topological polar surface area (TPSA) is 61.4 Å². The number of nitrogens with one attached hydrogen (secondary N) is 2. The average Bonchev–Trinajstić information content (AvgIpc) is 2.17. The third-order valence-corrected chi connectivity index (χ3v) is 2.51. The summed E-state index contributed by atoms with van der Waals surface area (Å²) >= 11 is 0. The van der Waals surface area contributed by atoms with Crippen LogP contribution in [0.2, 0.25) is 0 Å². The average molecular weight is 222 g/mol. The summed E-state index contributed by atoms with van der Waals surface area (Å²) in [6.07, 6.45) is -0.617. The molecule has 0 heterocycles. The highest BCUT2D eigenvalue weighted by atomic mass is 16.3. The normalized spacial score (nSPS) is 13.0. The number of urea groups is 1. The molecule has 1 aromatic rings. The lowest BCUT2D eigenvalue weighted by atomic mass is 9.99. The molecule has 0 saturated heterocycles. The van der Waals surface area contributed by atoms with Gasteiger partial charge in [-0.15, -0.1) is 0 Å². The molecule has 0 aliphatic heterocycles. The number of hydrogen-bond acceptors (Lipinski definition) is 2. The molecule has 1 unspecified atom stereocenters. The minimum atomic E-state index is -0.654. The minimum absolute atomic E-state index is 0.322. The van der Waals surface area contributed by atoms with E-state index in [0.29, 0.717) is 0 Å². The van der Waals surface area contributed by atoms with Gasteiger partial charge < -0.3 is 15.7 Å². The minimum Gasteiger partial charge on any atom is -0.391 e. The Morgan fingerprint density at radius 3 is 2.38 bits per heavy atom. The van der Waals surface area contributed by atoms with E-state index in [9.17, 15) is 9.90 Å². The van der Waals surface area contributed by atoms with Crippen molar-refractivity contribution in [2.24, 2.45) is 0 Å². The Kier molecular flexibility index (Phi) is 3.90. The number of rotatable bonds is 3. The van der Waals surface area contributed by atoms with E-state index in [-0.39, 0.29) is 6.03 Å². The molecule has 3 N–H and O–H groups in total. The standard InChI is InChI=1S/C12H18N2O2/c1-9(15)12(2,3)14-11(16)13-10-7-5-4-6-8-10/h4-9,15H,1-3H3,(H2,13,14,16). The first-order chi connectivity index (χ1) is 7.42. The van der Waals surface area contributed by atoms with Gasteiger partial charge in [0.05, 0.1) is 11.6 Å². The lowest BCUT2D eigenvalue weighted by Gasteiger charge is -2.29. The fourth-order valence-electron chi connectivity index (χ4n) is 1.08. The van der Waals surface area contributed by atoms with Crippen molar-refractivity contribution in [2.45, 2.75) is 32.4 Å². The highest BCUT2D eigenvalue weighted by molar-refractivity contribution is 5.89. The van der Waals surface area contributed by atoms with Gasteiger partial charge >= 0.3 is 6.03 Å². The molecule has 0 aliphatic carbocycles. The molecule has 4 heteroatoms. The van der Waals surface area contributed by atoms with E-state index >= 15 is 0 Å². The van der Waals surface area contributed by atoms with Crippen LogP contribution in [0.3, 0.4) is 0 Å². The van der Waals surface area contributed by atoms with E-state index in [0.717, 1.165) is 5.69 Å². The zero-order chi connectivity index (χ0) is 12.2. The molecule has 1 rings (SSSR count). The van der Waals surface area contributed by atoms with Crippen LogP contribution in [0.25, 0.3) is 0 Å². The predicted molar refractivity (Wildman–Crippen MR) is 64.4 cm³/mol. The number of carbonyl (C=O) groups is 1. The van der Waals surface area contributed by atoms with Crippen molar-refractivity contribution < 1.29 is 9.90 Å². The Morgan fingerprint density at radius 1 is 1.31 bits per heavy atom. The number of benzene rings is 1. The van der Waals surface area contributed by atoms with E-state index < -0.39 is 11.6 Å². The maximum atomic E-state index is 11.6. The molecule has 0 fully saturated rings. The summed E-state index contributed by atoms with van der Waals surface area (Å²) in [7, 11) is 0. The molecule has 1 aromatic carbocycles. The fraction of sp³-hybridized carbons (Fsp3) is 0.417. The van der Waals surface area contributed by atoms with E-state index in [1.165, 1.54) is 0 Å². The molecule has 2 amide bonds. The first-order valence-electron chi connectivity index (χ1n) is 5.24. The second-order valence-corrected chi connectivity index (χ2v) is 4.34. The highest BCUT2D eigenvalue weighted by Gasteiger charge is 2.25. The second kappa shape index (κ2) is 4.99. The smallest absolute Gasteiger partial charge is 0.319 e. The van der Waals surface area contributed by atoms with Gasteiger partial charge in [0, 0.05) is 5.69 Å². The predicted octanol–water partition coefficient (Wildman–Crippen LogP) is 1.97. The summed E-state index contributed by atoms with van der Waals surface area (Å²) in [5.41, 5.74) is 0.0696. The van der Waals surface area contributed by atoms with Crippen LogP contribution in [-0.2, 0) is 0 Å². The molecule has 88 valence electrons. The molecular weight excluding hydrogens is 204 g/mol. The van der Waals surface area contributed by atoms with E-state index in [2.05, 4.69) is 10.6 Å². The van der Waals surface area contributed by atoms with Gasteiger partial charge in [0.15, 0.2) is 0 Å². The Bertz CT molecular complexity index is 347. The van der Waals surface area contributed by atoms with Crippen LogP contribution in [0.1, 0.15) is 20.8 Å². The van der Waals surface area contributed by atoms with Gasteiger partial charge in [-0.25, -0.2) is 4.79 Å². The SMILES string of the molecule is CC(O)C(C)(C)NC(=O)Nc1ccccc1. The second-order valence-electron chi connectivity index (χ2n) is 4.34. The van der Waals surface area contributed by atoms with Crippen LogP contribution in [0.4, 0.5) is 10.5 Å². The fourth-order valence-corrected chi connectivity index (χ4v) is 1.08. The summed E-state index contributed by atoms with van der Waals surface area (Å²) in [4.78, 5) is 11.6. The molecule has 4 nitrogen and oxygen atoms in total. The Labute approximate surface area is 95.7 Å². The number of amides is 2. The van der Waals surface area contributed by atoms with E-state index in [1.807, 2.05) is 18.2 Å². The zero-order valence-corrected chi connectivity index (χ0v) is 9.82. The number of aliphatic hydroxyl groups excluding tert-OH is 1. The van der Waals surface area contributed by atoms with Gasteiger partial charge in [-0.05, 0) is 32.9 Å². The van der Waals surface area contributed by atoms with Crippen LogP contribution in [0.15, 0.2) is 30.3 Å². The van der Waals surface area contributed by atoms with Crippen molar-refractivity contribution in [1.82, 2.24) is 5.32 Å². The molecule has 0 saturated carbocycles. The molecule has 1 atom stereocenters. The van der Waals surface area contributed by atoms with Gasteiger partial charge in [-0.3, -0.25) is 0 Å². The van der Waals surface area contributed by atoms with Gasteiger partial charge in [0.25, 0.3) is 0 Å². The van der Waals surface area contributed by atoms with Gasteiger partial charge in [0.1, 0.15) is 0 Å². The molecular formula is C12H18N2O2. The molecule has 16 heavy (non-hydrogen) atoms. The van der Waals surface area contributed by atoms with Crippen molar-refractivity contribution in [3.8, 4) is 0 Å². The third kappa shape index (κ3) is 3.55. The molecule has 0 aliphatic rings. The van der Waals surface area contributed by atoms with Gasteiger partial charge in [-0.1, -0.05) is 18.2 Å². The molecule has 0 bridgehead atoms. The van der Waals surface area contributed by atoms with E-state index in [4.69, 9.17) is 0 Å². The number of carbonyl (C=O) groups excluding carboxylic acids is 1. The number of anilines is 1. The Balaban J connectivity index is 2.55. The molecule has 0 spiro atoms. The highest BCUT2D eigenvalue weighted by Crippen LogP contribution is 2.10. The lowest BCUT2D eigenvalue weighted by molar-refractivity contribution is 0.103. The molecule has 0 radical (unpaired) electrons. The Hall–Kier alpha value is -1.55. The summed E-state index contributed by atoms with van der Waals surface area (Å²) in [6, 6.07) is 8.84.